The van der Waals surface area contributed by atoms with E-state index in [0.717, 1.165) is 0 Å². The van der Waals surface area contributed by atoms with E-state index in [4.69, 9.17) is 0 Å². The van der Waals surface area contributed by atoms with Gasteiger partial charge in [0, 0.05) is 11.3 Å². The zero-order valence-corrected chi connectivity index (χ0v) is 11.9. The Hall–Kier alpha value is -1.07. The van der Waals surface area contributed by atoms with Gasteiger partial charge in [-0.3, -0.25) is 10.1 Å². The van der Waals surface area contributed by atoms with E-state index in [-0.39, 0.29) is 10.6 Å². The molecule has 1 N–H and O–H groups in total. The largest absolute Gasteiger partial charge is 0.389 e. The molecule has 2 atom stereocenters. The summed E-state index contributed by atoms with van der Waals surface area (Å²) >= 11 is 1.50. The number of benzene rings is 1. The Morgan fingerprint density at radius 2 is 1.89 bits per heavy atom. The molecular weight excluding hydrogens is 250 g/mol. The standard InChI is InChI=1S/C13H19NO3S/c1-8(2)10(4)18-13-6-5-11(9(3)15)7-12(13)14(16)17/h5-10,15H,1-4H3/t9-,10?/m0/s1. The maximum atomic E-state index is 11.1. The topological polar surface area (TPSA) is 63.4 Å². The van der Waals surface area contributed by atoms with Crippen LogP contribution in [0.3, 0.4) is 0 Å². The van der Waals surface area contributed by atoms with Crippen LogP contribution in [-0.4, -0.2) is 15.3 Å². The van der Waals surface area contributed by atoms with Gasteiger partial charge in [-0.1, -0.05) is 26.8 Å². The third kappa shape index (κ3) is 3.71. The molecule has 0 saturated heterocycles. The summed E-state index contributed by atoms with van der Waals surface area (Å²) in [6.45, 7) is 7.84. The van der Waals surface area contributed by atoms with Gasteiger partial charge in [0.05, 0.1) is 15.9 Å². The van der Waals surface area contributed by atoms with Gasteiger partial charge in [-0.05, 0) is 24.5 Å². The van der Waals surface area contributed by atoms with Crippen LogP contribution in [0.15, 0.2) is 23.1 Å². The van der Waals surface area contributed by atoms with Gasteiger partial charge in [0.15, 0.2) is 0 Å². The zero-order valence-electron chi connectivity index (χ0n) is 11.1. The molecule has 1 rings (SSSR count). The molecule has 0 aromatic heterocycles. The van der Waals surface area contributed by atoms with E-state index < -0.39 is 6.10 Å². The van der Waals surface area contributed by atoms with Gasteiger partial charge in [-0.25, -0.2) is 0 Å². The van der Waals surface area contributed by atoms with Crippen molar-refractivity contribution in [2.45, 2.75) is 43.9 Å². The van der Waals surface area contributed by atoms with Crippen LogP contribution in [0.4, 0.5) is 5.69 Å². The molecule has 1 aromatic carbocycles. The molecule has 0 aliphatic carbocycles. The number of nitrogens with zero attached hydrogens (tertiary/aromatic N) is 1. The van der Waals surface area contributed by atoms with Gasteiger partial charge in [-0.15, -0.1) is 11.8 Å². The average molecular weight is 269 g/mol. The molecule has 0 fully saturated rings. The van der Waals surface area contributed by atoms with Crippen LogP contribution >= 0.6 is 11.8 Å². The number of thioether (sulfide) groups is 1. The summed E-state index contributed by atoms with van der Waals surface area (Å²) in [5.74, 6) is 0.450. The fraction of sp³-hybridized carbons (Fsp3) is 0.538. The maximum absolute atomic E-state index is 11.1. The minimum Gasteiger partial charge on any atom is -0.389 e. The number of aliphatic hydroxyl groups is 1. The van der Waals surface area contributed by atoms with Crippen LogP contribution in [0.5, 0.6) is 0 Å². The molecule has 0 saturated carbocycles. The predicted octanol–water partition coefficient (Wildman–Crippen LogP) is 3.78. The second-order valence-corrected chi connectivity index (χ2v) is 6.15. The summed E-state index contributed by atoms with van der Waals surface area (Å²) in [7, 11) is 0. The molecule has 1 aromatic rings. The highest BCUT2D eigenvalue weighted by Gasteiger charge is 2.19. The Morgan fingerprint density at radius 3 is 2.33 bits per heavy atom. The van der Waals surface area contributed by atoms with Crippen molar-refractivity contribution in [1.29, 1.82) is 0 Å². The first-order chi connectivity index (χ1) is 8.32. The molecule has 0 spiro atoms. The van der Waals surface area contributed by atoms with E-state index in [1.54, 1.807) is 19.1 Å². The van der Waals surface area contributed by atoms with E-state index in [0.29, 0.717) is 21.6 Å². The van der Waals surface area contributed by atoms with Gasteiger partial charge >= 0.3 is 0 Å². The molecule has 0 radical (unpaired) electrons. The van der Waals surface area contributed by atoms with E-state index in [2.05, 4.69) is 20.8 Å². The van der Waals surface area contributed by atoms with E-state index in [1.807, 2.05) is 0 Å². The summed E-state index contributed by atoms with van der Waals surface area (Å²) in [4.78, 5) is 11.3. The predicted molar refractivity (Wildman–Crippen MR) is 73.9 cm³/mol. The summed E-state index contributed by atoms with van der Waals surface area (Å²) in [6, 6.07) is 4.93. The molecule has 0 bridgehead atoms. The lowest BCUT2D eigenvalue weighted by Gasteiger charge is -2.15. The van der Waals surface area contributed by atoms with E-state index in [1.165, 1.54) is 17.8 Å². The summed E-state index contributed by atoms with van der Waals surface area (Å²) in [6.07, 6.45) is -0.690. The summed E-state index contributed by atoms with van der Waals surface area (Å²) in [5, 5.41) is 20.8. The Kier molecular flexibility index (Phi) is 5.16. The Balaban J connectivity index is 3.08. The number of hydrogen-bond donors (Lipinski definition) is 1. The first-order valence-corrected chi connectivity index (χ1v) is 6.84. The van der Waals surface area contributed by atoms with Gasteiger partial charge in [0.2, 0.25) is 0 Å². The third-order valence-electron chi connectivity index (χ3n) is 2.91. The van der Waals surface area contributed by atoms with Crippen LogP contribution in [-0.2, 0) is 0 Å². The molecule has 18 heavy (non-hydrogen) atoms. The molecule has 0 heterocycles. The lowest BCUT2D eigenvalue weighted by molar-refractivity contribution is -0.387. The second-order valence-electron chi connectivity index (χ2n) is 4.73. The molecule has 1 unspecified atom stereocenters. The maximum Gasteiger partial charge on any atom is 0.283 e. The average Bonchev–Trinajstić information content (AvgIpc) is 2.28. The number of hydrogen-bond acceptors (Lipinski definition) is 4. The highest BCUT2D eigenvalue weighted by Crippen LogP contribution is 2.36. The minimum atomic E-state index is -0.690. The van der Waals surface area contributed by atoms with Crippen molar-refractivity contribution in [2.75, 3.05) is 0 Å². The molecule has 0 aliphatic heterocycles. The van der Waals surface area contributed by atoms with Crippen molar-refractivity contribution in [3.63, 3.8) is 0 Å². The number of nitro benzene ring substituents is 1. The monoisotopic (exact) mass is 269 g/mol. The first kappa shape index (κ1) is 15.0. The van der Waals surface area contributed by atoms with Gasteiger partial charge in [-0.2, -0.15) is 0 Å². The fourth-order valence-electron chi connectivity index (χ4n) is 1.37. The van der Waals surface area contributed by atoms with Gasteiger partial charge in [0.1, 0.15) is 0 Å². The number of aliphatic hydroxyl groups excluding tert-OH is 1. The Bertz CT molecular complexity index is 432. The lowest BCUT2D eigenvalue weighted by Crippen LogP contribution is -2.06. The Labute approximate surface area is 112 Å². The molecule has 0 amide bonds. The van der Waals surface area contributed by atoms with E-state index >= 15 is 0 Å². The lowest BCUT2D eigenvalue weighted by atomic mass is 10.1. The zero-order chi connectivity index (χ0) is 13.9. The van der Waals surface area contributed by atoms with Crippen LogP contribution in [0.1, 0.15) is 39.4 Å². The second kappa shape index (κ2) is 6.20. The van der Waals surface area contributed by atoms with Crippen molar-refractivity contribution >= 4 is 17.4 Å². The highest BCUT2D eigenvalue weighted by atomic mass is 32.2. The number of nitro groups is 1. The van der Waals surface area contributed by atoms with Crippen molar-refractivity contribution in [1.82, 2.24) is 0 Å². The van der Waals surface area contributed by atoms with Crippen molar-refractivity contribution in [3.05, 3.63) is 33.9 Å². The Morgan fingerprint density at radius 1 is 1.28 bits per heavy atom. The van der Waals surface area contributed by atoms with Crippen LogP contribution in [0.2, 0.25) is 0 Å². The quantitative estimate of drug-likeness (QED) is 0.502. The normalized spacial score (nSPS) is 14.6. The van der Waals surface area contributed by atoms with E-state index in [9.17, 15) is 15.2 Å². The SMILES string of the molecule is CC(C)C(C)Sc1ccc([C@H](C)O)cc1[N+](=O)[O-]. The molecule has 4 nitrogen and oxygen atoms in total. The molecular formula is C13H19NO3S. The van der Waals surface area contributed by atoms with Crippen LogP contribution < -0.4 is 0 Å². The third-order valence-corrected chi connectivity index (χ3v) is 4.43. The molecule has 0 aliphatic rings. The summed E-state index contributed by atoms with van der Waals surface area (Å²) in [5.41, 5.74) is 0.647. The van der Waals surface area contributed by atoms with Crippen molar-refractivity contribution in [3.8, 4) is 0 Å². The minimum absolute atomic E-state index is 0.0749. The smallest absolute Gasteiger partial charge is 0.283 e. The van der Waals surface area contributed by atoms with Gasteiger partial charge < -0.3 is 5.11 Å². The van der Waals surface area contributed by atoms with Crippen molar-refractivity contribution in [2.24, 2.45) is 5.92 Å². The summed E-state index contributed by atoms with van der Waals surface area (Å²) < 4.78 is 0. The van der Waals surface area contributed by atoms with Crippen molar-refractivity contribution < 1.29 is 10.0 Å². The molecule has 5 heteroatoms. The number of rotatable bonds is 5. The highest BCUT2D eigenvalue weighted by molar-refractivity contribution is 8.00. The van der Waals surface area contributed by atoms with Crippen LogP contribution in [0, 0.1) is 16.0 Å². The van der Waals surface area contributed by atoms with Crippen LogP contribution in [0.25, 0.3) is 0 Å². The first-order valence-electron chi connectivity index (χ1n) is 5.96. The fourth-order valence-corrected chi connectivity index (χ4v) is 2.45. The van der Waals surface area contributed by atoms with Gasteiger partial charge in [0.25, 0.3) is 5.69 Å². The molecule has 100 valence electrons.